The Hall–Kier alpha value is -2.70. The van der Waals surface area contributed by atoms with E-state index < -0.39 is 0 Å². The van der Waals surface area contributed by atoms with E-state index in [1.807, 2.05) is 29.9 Å². The summed E-state index contributed by atoms with van der Waals surface area (Å²) < 4.78 is 12.4. The maximum absolute atomic E-state index is 12.7. The first-order chi connectivity index (χ1) is 11.6. The fourth-order valence-corrected chi connectivity index (χ4v) is 2.83. The molecule has 0 bridgehead atoms. The van der Waals surface area contributed by atoms with Crippen LogP contribution in [0.2, 0.25) is 0 Å². The van der Waals surface area contributed by atoms with E-state index >= 15 is 0 Å². The van der Waals surface area contributed by atoms with Gasteiger partial charge in [-0.2, -0.15) is 5.10 Å². The largest absolute Gasteiger partial charge is 0.497 e. The van der Waals surface area contributed by atoms with E-state index in [0.717, 1.165) is 24.3 Å². The van der Waals surface area contributed by atoms with Crippen LogP contribution in [0.5, 0.6) is 11.5 Å². The van der Waals surface area contributed by atoms with Crippen molar-refractivity contribution in [2.75, 3.05) is 31.0 Å². The van der Waals surface area contributed by atoms with Crippen LogP contribution >= 0.6 is 0 Å². The average molecular weight is 330 g/mol. The number of benzene rings is 1. The highest BCUT2D eigenvalue weighted by molar-refractivity contribution is 6.01. The fourth-order valence-electron chi connectivity index (χ4n) is 2.83. The average Bonchev–Trinajstić information content (AvgIpc) is 3.22. The SMILES string of the molecule is CCn1cc(N[C@H]2CCN(c3cc(OC)cc(OC)c3)C2=O)cn1. The summed E-state index contributed by atoms with van der Waals surface area (Å²) in [5.74, 6) is 1.37. The standard InChI is InChI=1S/C17H22N4O3/c1-4-20-11-12(10-18-20)19-16-5-6-21(17(16)22)13-7-14(23-2)9-15(8-13)24-3/h7-11,16,19H,4-6H2,1-3H3/t16-/m0/s1. The normalized spacial score (nSPS) is 17.2. The maximum atomic E-state index is 12.7. The second-order valence-electron chi connectivity index (χ2n) is 5.63. The summed E-state index contributed by atoms with van der Waals surface area (Å²) >= 11 is 0. The van der Waals surface area contributed by atoms with Crippen molar-refractivity contribution in [3.63, 3.8) is 0 Å². The van der Waals surface area contributed by atoms with Crippen LogP contribution in [0.4, 0.5) is 11.4 Å². The van der Waals surface area contributed by atoms with Gasteiger partial charge in [0, 0.05) is 37.5 Å². The lowest BCUT2D eigenvalue weighted by molar-refractivity contribution is -0.117. The number of methoxy groups -OCH3 is 2. The van der Waals surface area contributed by atoms with Gasteiger partial charge >= 0.3 is 0 Å². The minimum atomic E-state index is -0.253. The number of rotatable bonds is 6. The van der Waals surface area contributed by atoms with Gasteiger partial charge in [0.1, 0.15) is 17.5 Å². The monoisotopic (exact) mass is 330 g/mol. The first-order valence-electron chi connectivity index (χ1n) is 7.98. The molecule has 1 aliphatic heterocycles. The van der Waals surface area contributed by atoms with Crippen molar-refractivity contribution in [1.82, 2.24) is 9.78 Å². The molecule has 2 heterocycles. The van der Waals surface area contributed by atoms with Crippen LogP contribution in [0, 0.1) is 0 Å². The molecule has 7 nitrogen and oxygen atoms in total. The minimum Gasteiger partial charge on any atom is -0.497 e. The van der Waals surface area contributed by atoms with E-state index in [2.05, 4.69) is 10.4 Å². The first-order valence-corrected chi connectivity index (χ1v) is 7.98. The third-order valence-electron chi connectivity index (χ3n) is 4.15. The molecule has 24 heavy (non-hydrogen) atoms. The van der Waals surface area contributed by atoms with E-state index in [1.165, 1.54) is 0 Å². The van der Waals surface area contributed by atoms with Gasteiger partial charge in [-0.25, -0.2) is 0 Å². The Morgan fingerprint density at radius 3 is 2.54 bits per heavy atom. The predicted octanol–water partition coefficient (Wildman–Crippen LogP) is 2.14. The maximum Gasteiger partial charge on any atom is 0.249 e. The Morgan fingerprint density at radius 1 is 1.25 bits per heavy atom. The number of aryl methyl sites for hydroxylation is 1. The summed E-state index contributed by atoms with van der Waals surface area (Å²) in [4.78, 5) is 14.5. The van der Waals surface area contributed by atoms with Gasteiger partial charge in [0.05, 0.1) is 31.8 Å². The number of carbonyl (C=O) groups is 1. The molecule has 1 amide bonds. The van der Waals surface area contributed by atoms with Crippen LogP contribution in [-0.2, 0) is 11.3 Å². The number of nitrogens with one attached hydrogen (secondary N) is 1. The lowest BCUT2D eigenvalue weighted by Gasteiger charge is -2.19. The van der Waals surface area contributed by atoms with Crippen LogP contribution in [-0.4, -0.2) is 42.5 Å². The van der Waals surface area contributed by atoms with E-state index in [-0.39, 0.29) is 11.9 Å². The van der Waals surface area contributed by atoms with Crippen molar-refractivity contribution in [3.8, 4) is 11.5 Å². The van der Waals surface area contributed by atoms with Gasteiger partial charge in [0.2, 0.25) is 5.91 Å². The van der Waals surface area contributed by atoms with Crippen LogP contribution in [0.1, 0.15) is 13.3 Å². The predicted molar refractivity (Wildman–Crippen MR) is 91.8 cm³/mol. The molecule has 0 unspecified atom stereocenters. The molecular weight excluding hydrogens is 308 g/mol. The molecule has 3 rings (SSSR count). The molecule has 1 atom stereocenters. The molecule has 128 valence electrons. The molecule has 0 saturated carbocycles. The van der Waals surface area contributed by atoms with Gasteiger partial charge in [0.15, 0.2) is 0 Å². The van der Waals surface area contributed by atoms with Crippen molar-refractivity contribution in [1.29, 1.82) is 0 Å². The van der Waals surface area contributed by atoms with Gasteiger partial charge in [-0.1, -0.05) is 0 Å². The Labute approximate surface area is 141 Å². The summed E-state index contributed by atoms with van der Waals surface area (Å²) in [6, 6.07) is 5.23. The van der Waals surface area contributed by atoms with E-state index in [0.29, 0.717) is 18.0 Å². The summed E-state index contributed by atoms with van der Waals surface area (Å²) in [5.41, 5.74) is 1.64. The van der Waals surface area contributed by atoms with Crippen LogP contribution in [0.3, 0.4) is 0 Å². The number of carbonyl (C=O) groups excluding carboxylic acids is 1. The molecule has 1 aliphatic rings. The summed E-state index contributed by atoms with van der Waals surface area (Å²) in [6.07, 6.45) is 4.38. The summed E-state index contributed by atoms with van der Waals surface area (Å²) in [6.45, 7) is 3.47. The Bertz CT molecular complexity index is 706. The van der Waals surface area contributed by atoms with Gasteiger partial charge in [-0.3, -0.25) is 9.48 Å². The highest BCUT2D eigenvalue weighted by Crippen LogP contribution is 2.31. The van der Waals surface area contributed by atoms with Crippen LogP contribution < -0.4 is 19.7 Å². The molecule has 1 saturated heterocycles. The third-order valence-corrected chi connectivity index (χ3v) is 4.15. The molecule has 0 spiro atoms. The molecule has 1 aromatic heterocycles. The van der Waals surface area contributed by atoms with E-state index in [9.17, 15) is 4.79 Å². The van der Waals surface area contributed by atoms with Crippen molar-refractivity contribution in [3.05, 3.63) is 30.6 Å². The van der Waals surface area contributed by atoms with Crippen LogP contribution in [0.25, 0.3) is 0 Å². The van der Waals surface area contributed by atoms with Crippen LogP contribution in [0.15, 0.2) is 30.6 Å². The van der Waals surface area contributed by atoms with Gasteiger partial charge in [0.25, 0.3) is 0 Å². The molecule has 1 fully saturated rings. The zero-order valence-corrected chi connectivity index (χ0v) is 14.2. The summed E-state index contributed by atoms with van der Waals surface area (Å²) in [7, 11) is 3.19. The Kier molecular flexibility index (Phi) is 4.59. The number of hydrogen-bond acceptors (Lipinski definition) is 5. The molecule has 0 aliphatic carbocycles. The van der Waals surface area contributed by atoms with E-state index in [4.69, 9.17) is 9.47 Å². The molecule has 7 heteroatoms. The third kappa shape index (κ3) is 3.15. The zero-order chi connectivity index (χ0) is 17.1. The number of ether oxygens (including phenoxy) is 2. The van der Waals surface area contributed by atoms with Crippen molar-refractivity contribution >= 4 is 17.3 Å². The van der Waals surface area contributed by atoms with Gasteiger partial charge in [-0.05, 0) is 13.3 Å². The number of aromatic nitrogens is 2. The number of amides is 1. The second kappa shape index (κ2) is 6.82. The smallest absolute Gasteiger partial charge is 0.249 e. The Morgan fingerprint density at radius 2 is 1.96 bits per heavy atom. The Balaban J connectivity index is 1.76. The molecule has 1 N–H and O–H groups in total. The zero-order valence-electron chi connectivity index (χ0n) is 14.2. The molecule has 1 aromatic carbocycles. The summed E-state index contributed by atoms with van der Waals surface area (Å²) in [5, 5.41) is 7.49. The van der Waals surface area contributed by atoms with Crippen molar-refractivity contribution in [2.24, 2.45) is 0 Å². The van der Waals surface area contributed by atoms with Gasteiger partial charge < -0.3 is 19.7 Å². The minimum absolute atomic E-state index is 0.0366. The lowest BCUT2D eigenvalue weighted by Crippen LogP contribution is -2.33. The van der Waals surface area contributed by atoms with Crippen molar-refractivity contribution in [2.45, 2.75) is 25.9 Å². The molecule has 0 radical (unpaired) electrons. The first kappa shape index (κ1) is 16.2. The molecular formula is C17H22N4O3. The second-order valence-corrected chi connectivity index (χ2v) is 5.63. The van der Waals surface area contributed by atoms with E-state index in [1.54, 1.807) is 31.4 Å². The fraction of sp³-hybridized carbons (Fsp3) is 0.412. The number of nitrogens with zero attached hydrogens (tertiary/aromatic N) is 3. The number of hydrogen-bond donors (Lipinski definition) is 1. The highest BCUT2D eigenvalue weighted by atomic mass is 16.5. The quantitative estimate of drug-likeness (QED) is 0.879. The van der Waals surface area contributed by atoms with Gasteiger partial charge in [-0.15, -0.1) is 0 Å². The van der Waals surface area contributed by atoms with Crippen molar-refractivity contribution < 1.29 is 14.3 Å². The topological polar surface area (TPSA) is 68.6 Å². The lowest BCUT2D eigenvalue weighted by atomic mass is 10.2. The highest BCUT2D eigenvalue weighted by Gasteiger charge is 2.33. The molecule has 2 aromatic rings. The number of anilines is 2.